The molecule has 3 rings (SSSR count). The van der Waals surface area contributed by atoms with Gasteiger partial charge >= 0.3 is 6.18 Å². The van der Waals surface area contributed by atoms with E-state index in [1.54, 1.807) is 0 Å². The van der Waals surface area contributed by atoms with Gasteiger partial charge in [-0.05, 0) is 31.8 Å². The summed E-state index contributed by atoms with van der Waals surface area (Å²) in [5.74, 6) is 0.719. The van der Waals surface area contributed by atoms with Crippen molar-refractivity contribution in [2.75, 3.05) is 36.9 Å². The number of aromatic nitrogens is 4. The predicted molar refractivity (Wildman–Crippen MR) is 97.7 cm³/mol. The van der Waals surface area contributed by atoms with Crippen LogP contribution in [0.5, 0.6) is 5.88 Å². The van der Waals surface area contributed by atoms with Crippen molar-refractivity contribution in [1.29, 1.82) is 5.26 Å². The zero-order valence-electron chi connectivity index (χ0n) is 15.3. The number of rotatable bonds is 7. The van der Waals surface area contributed by atoms with E-state index in [0.717, 1.165) is 25.9 Å². The third kappa shape index (κ3) is 6.42. The summed E-state index contributed by atoms with van der Waals surface area (Å²) in [6.07, 6.45) is 0.0820. The molecule has 9 nitrogen and oxygen atoms in total. The summed E-state index contributed by atoms with van der Waals surface area (Å²) in [7, 11) is 0. The Bertz CT molecular complexity index is 847. The highest BCUT2D eigenvalue weighted by Crippen LogP contribution is 2.27. The van der Waals surface area contributed by atoms with Crippen LogP contribution in [0.15, 0.2) is 18.5 Å². The first-order valence-corrected chi connectivity index (χ1v) is 8.94. The minimum atomic E-state index is -4.48. The van der Waals surface area contributed by atoms with Crippen LogP contribution in [0, 0.1) is 17.2 Å². The highest BCUT2D eigenvalue weighted by atomic mass is 19.4. The molecule has 0 aromatic carbocycles. The molecule has 0 amide bonds. The van der Waals surface area contributed by atoms with Crippen LogP contribution in [0.2, 0.25) is 0 Å². The molecule has 3 heterocycles. The zero-order chi connectivity index (χ0) is 20.7. The van der Waals surface area contributed by atoms with E-state index in [9.17, 15) is 13.2 Å². The molecule has 0 saturated carbocycles. The van der Waals surface area contributed by atoms with E-state index in [1.165, 1.54) is 18.5 Å². The van der Waals surface area contributed by atoms with Gasteiger partial charge in [0, 0.05) is 12.6 Å². The lowest BCUT2D eigenvalue weighted by atomic mass is 9.98. The van der Waals surface area contributed by atoms with E-state index in [2.05, 4.69) is 36.1 Å². The average molecular weight is 408 g/mol. The molecule has 0 bridgehead atoms. The molecule has 29 heavy (non-hydrogen) atoms. The van der Waals surface area contributed by atoms with Crippen molar-refractivity contribution < 1.29 is 17.9 Å². The van der Waals surface area contributed by atoms with Crippen LogP contribution >= 0.6 is 0 Å². The second-order valence-corrected chi connectivity index (χ2v) is 6.45. The fraction of sp³-hybridized carbons (Fsp3) is 0.471. The monoisotopic (exact) mass is 408 g/mol. The number of nitriles is 1. The van der Waals surface area contributed by atoms with Crippen LogP contribution in [-0.2, 0) is 0 Å². The van der Waals surface area contributed by atoms with Crippen LogP contribution in [0.4, 0.5) is 30.5 Å². The second-order valence-electron chi connectivity index (χ2n) is 6.45. The van der Waals surface area contributed by atoms with Gasteiger partial charge in [0.1, 0.15) is 17.6 Å². The van der Waals surface area contributed by atoms with Crippen molar-refractivity contribution in [2.45, 2.75) is 19.0 Å². The maximum Gasteiger partial charge on any atom is 0.422 e. The van der Waals surface area contributed by atoms with Gasteiger partial charge in [-0.2, -0.15) is 18.4 Å². The van der Waals surface area contributed by atoms with Crippen molar-refractivity contribution in [3.8, 4) is 11.9 Å². The van der Waals surface area contributed by atoms with Crippen LogP contribution in [-0.4, -0.2) is 52.6 Å². The maximum absolute atomic E-state index is 12.5. The molecule has 0 atom stereocenters. The van der Waals surface area contributed by atoms with Gasteiger partial charge in [0.05, 0.1) is 12.4 Å². The first kappa shape index (κ1) is 20.5. The topological polar surface area (TPSA) is 121 Å². The summed E-state index contributed by atoms with van der Waals surface area (Å²) < 4.78 is 42.4. The Morgan fingerprint density at radius 3 is 2.62 bits per heavy atom. The number of anilines is 3. The largest absolute Gasteiger partial charge is 0.465 e. The number of halogens is 3. The van der Waals surface area contributed by atoms with Crippen molar-refractivity contribution >= 4 is 17.3 Å². The Hall–Kier alpha value is -3.20. The first-order valence-electron chi connectivity index (χ1n) is 8.94. The van der Waals surface area contributed by atoms with Gasteiger partial charge in [-0.3, -0.25) is 0 Å². The minimum Gasteiger partial charge on any atom is -0.465 e. The Kier molecular flexibility index (Phi) is 6.61. The van der Waals surface area contributed by atoms with E-state index in [-0.39, 0.29) is 17.4 Å². The third-order valence-corrected chi connectivity index (χ3v) is 4.20. The van der Waals surface area contributed by atoms with Gasteiger partial charge in [0.25, 0.3) is 5.88 Å². The standard InChI is InChI=1S/C17H19F3N8O/c18-17(19,20)10-29-16-13(24-7-11-1-3-22-4-2-11)5-14(27-28-16)26-15-9-23-12(6-21)8-25-15/h5,8-9,11,22H,1-4,7,10H2,(H2,24,25,26,27). The van der Waals surface area contributed by atoms with Crippen LogP contribution < -0.4 is 20.7 Å². The van der Waals surface area contributed by atoms with Gasteiger partial charge < -0.3 is 20.7 Å². The highest BCUT2D eigenvalue weighted by Gasteiger charge is 2.29. The number of hydrogen-bond donors (Lipinski definition) is 3. The van der Waals surface area contributed by atoms with Gasteiger partial charge in [-0.25, -0.2) is 9.97 Å². The number of ether oxygens (including phenoxy) is 1. The number of alkyl halides is 3. The number of nitrogens with one attached hydrogen (secondary N) is 3. The quantitative estimate of drug-likeness (QED) is 0.633. The summed E-state index contributed by atoms with van der Waals surface area (Å²) in [4.78, 5) is 7.90. The first-order chi connectivity index (χ1) is 13.9. The fourth-order valence-electron chi connectivity index (χ4n) is 2.75. The maximum atomic E-state index is 12.5. The summed E-state index contributed by atoms with van der Waals surface area (Å²) in [6.45, 7) is 0.925. The van der Waals surface area contributed by atoms with Crippen LogP contribution in [0.25, 0.3) is 0 Å². The molecule has 1 fully saturated rings. The van der Waals surface area contributed by atoms with E-state index in [4.69, 9.17) is 10.00 Å². The summed E-state index contributed by atoms with van der Waals surface area (Å²) >= 11 is 0. The summed E-state index contributed by atoms with van der Waals surface area (Å²) in [5.41, 5.74) is 0.453. The SMILES string of the molecule is N#Cc1cnc(Nc2cc(NCC3CCNCC3)c(OCC(F)(F)F)nn2)cn1. The number of piperidine rings is 1. The van der Waals surface area contributed by atoms with Gasteiger partial charge in [-0.15, -0.1) is 10.2 Å². The Morgan fingerprint density at radius 1 is 1.17 bits per heavy atom. The molecule has 2 aromatic rings. The Morgan fingerprint density at radius 2 is 1.97 bits per heavy atom. The molecule has 1 saturated heterocycles. The molecule has 1 aliphatic rings. The van der Waals surface area contributed by atoms with Gasteiger partial charge in [0.2, 0.25) is 0 Å². The summed E-state index contributed by atoms with van der Waals surface area (Å²) in [5, 5.41) is 25.6. The molecule has 12 heteroatoms. The van der Waals surface area contributed by atoms with Crippen molar-refractivity contribution in [2.24, 2.45) is 5.92 Å². The van der Waals surface area contributed by atoms with Crippen molar-refractivity contribution in [1.82, 2.24) is 25.5 Å². The van der Waals surface area contributed by atoms with Crippen molar-refractivity contribution in [3.05, 3.63) is 24.2 Å². The van der Waals surface area contributed by atoms with E-state index >= 15 is 0 Å². The fourth-order valence-corrected chi connectivity index (χ4v) is 2.75. The lowest BCUT2D eigenvalue weighted by Crippen LogP contribution is -2.31. The predicted octanol–water partition coefficient (Wildman–Crippen LogP) is 2.23. The molecular formula is C17H19F3N8O. The van der Waals surface area contributed by atoms with Crippen LogP contribution in [0.3, 0.4) is 0 Å². The van der Waals surface area contributed by atoms with E-state index < -0.39 is 12.8 Å². The van der Waals surface area contributed by atoms with Crippen LogP contribution in [0.1, 0.15) is 18.5 Å². The second kappa shape index (κ2) is 9.33. The Labute approximate surface area is 164 Å². The normalized spacial score (nSPS) is 14.8. The molecule has 1 aliphatic heterocycles. The molecule has 0 spiro atoms. The molecule has 154 valence electrons. The molecule has 0 aliphatic carbocycles. The molecular weight excluding hydrogens is 389 g/mol. The average Bonchev–Trinajstić information content (AvgIpc) is 2.72. The number of nitrogens with zero attached hydrogens (tertiary/aromatic N) is 5. The van der Waals surface area contributed by atoms with E-state index in [0.29, 0.717) is 24.0 Å². The number of hydrogen-bond acceptors (Lipinski definition) is 9. The zero-order valence-corrected chi connectivity index (χ0v) is 15.3. The molecule has 3 N–H and O–H groups in total. The van der Waals surface area contributed by atoms with Gasteiger partial charge in [-0.1, -0.05) is 0 Å². The van der Waals surface area contributed by atoms with Gasteiger partial charge in [0.15, 0.2) is 18.1 Å². The van der Waals surface area contributed by atoms with E-state index in [1.807, 2.05) is 6.07 Å². The van der Waals surface area contributed by atoms with Crippen molar-refractivity contribution in [3.63, 3.8) is 0 Å². The third-order valence-electron chi connectivity index (χ3n) is 4.20. The minimum absolute atomic E-state index is 0.155. The Balaban J connectivity index is 1.73. The summed E-state index contributed by atoms with van der Waals surface area (Å²) in [6, 6.07) is 3.36. The molecule has 2 aromatic heterocycles. The molecule has 0 unspecified atom stereocenters. The smallest absolute Gasteiger partial charge is 0.422 e. The molecule has 0 radical (unpaired) electrons. The lowest BCUT2D eigenvalue weighted by Gasteiger charge is -2.23. The lowest BCUT2D eigenvalue weighted by molar-refractivity contribution is -0.154. The highest BCUT2D eigenvalue weighted by molar-refractivity contribution is 5.61.